The van der Waals surface area contributed by atoms with Gasteiger partial charge in [0.25, 0.3) is 0 Å². The van der Waals surface area contributed by atoms with Crippen molar-refractivity contribution in [2.75, 3.05) is 44.6 Å². The first-order valence-corrected chi connectivity index (χ1v) is 13.4. The van der Waals surface area contributed by atoms with E-state index < -0.39 is 5.82 Å². The quantitative estimate of drug-likeness (QED) is 0.438. The number of piperazine rings is 2. The molecular formula is C30H31ClFN5O. The van der Waals surface area contributed by atoms with E-state index in [4.69, 9.17) is 11.6 Å². The van der Waals surface area contributed by atoms with E-state index in [2.05, 4.69) is 52.4 Å². The van der Waals surface area contributed by atoms with E-state index in [-0.39, 0.29) is 23.1 Å². The highest BCUT2D eigenvalue weighted by Crippen LogP contribution is 2.33. The second-order valence-electron chi connectivity index (χ2n) is 9.99. The van der Waals surface area contributed by atoms with Crippen molar-refractivity contribution in [1.29, 1.82) is 5.26 Å². The molecule has 2 fully saturated rings. The van der Waals surface area contributed by atoms with Gasteiger partial charge in [-0.1, -0.05) is 54.9 Å². The van der Waals surface area contributed by atoms with Crippen LogP contribution < -0.4 is 5.32 Å². The molecule has 2 aliphatic heterocycles. The summed E-state index contributed by atoms with van der Waals surface area (Å²) in [5.41, 5.74) is 4.32. The molecular weight excluding hydrogens is 501 g/mol. The SMILES string of the molecule is CCCN1CCN2C(c3ccc(-c4cccc(C#N)c4)cc3)CN(C(=O)Nc3ccc(F)c(Cl)c3)C[C@H]2C1. The van der Waals surface area contributed by atoms with Crippen LogP contribution in [0.5, 0.6) is 0 Å². The number of amides is 2. The first-order chi connectivity index (χ1) is 18.4. The second kappa shape index (κ2) is 11.5. The Morgan fingerprint density at radius 3 is 2.61 bits per heavy atom. The summed E-state index contributed by atoms with van der Waals surface area (Å²) in [4.78, 5) is 20.2. The molecule has 2 aliphatic rings. The molecule has 0 radical (unpaired) electrons. The van der Waals surface area contributed by atoms with E-state index in [0.717, 1.165) is 49.3 Å². The van der Waals surface area contributed by atoms with Crippen LogP contribution in [-0.4, -0.2) is 66.0 Å². The summed E-state index contributed by atoms with van der Waals surface area (Å²) in [6, 6.07) is 22.5. The zero-order chi connectivity index (χ0) is 26.6. The Bertz CT molecular complexity index is 1340. The fourth-order valence-corrected chi connectivity index (χ4v) is 5.75. The average molecular weight is 532 g/mol. The third-order valence-corrected chi connectivity index (χ3v) is 7.75. The molecule has 3 aromatic carbocycles. The van der Waals surface area contributed by atoms with Crippen LogP contribution in [0.4, 0.5) is 14.9 Å². The van der Waals surface area contributed by atoms with E-state index in [1.54, 1.807) is 6.07 Å². The van der Waals surface area contributed by atoms with Crippen LogP contribution in [0.2, 0.25) is 5.02 Å². The van der Waals surface area contributed by atoms with Crippen molar-refractivity contribution < 1.29 is 9.18 Å². The molecule has 0 aromatic heterocycles. The summed E-state index contributed by atoms with van der Waals surface area (Å²) in [6.07, 6.45) is 1.10. The molecule has 8 heteroatoms. The summed E-state index contributed by atoms with van der Waals surface area (Å²) in [7, 11) is 0. The maximum atomic E-state index is 13.6. The lowest BCUT2D eigenvalue weighted by molar-refractivity contribution is -0.0134. The maximum Gasteiger partial charge on any atom is 0.321 e. The molecule has 0 saturated carbocycles. The van der Waals surface area contributed by atoms with Crippen LogP contribution in [0, 0.1) is 17.1 Å². The fourth-order valence-electron chi connectivity index (χ4n) is 5.57. The van der Waals surface area contributed by atoms with Gasteiger partial charge in [-0.25, -0.2) is 9.18 Å². The smallest absolute Gasteiger partial charge is 0.321 e. The van der Waals surface area contributed by atoms with Crippen molar-refractivity contribution in [3.8, 4) is 17.2 Å². The van der Waals surface area contributed by atoms with E-state index in [9.17, 15) is 14.4 Å². The zero-order valence-electron chi connectivity index (χ0n) is 21.4. The van der Waals surface area contributed by atoms with Crippen LogP contribution in [0.15, 0.2) is 66.7 Å². The van der Waals surface area contributed by atoms with Crippen LogP contribution in [-0.2, 0) is 0 Å². The van der Waals surface area contributed by atoms with Gasteiger partial charge in [-0.15, -0.1) is 0 Å². The number of hydrogen-bond acceptors (Lipinski definition) is 4. The van der Waals surface area contributed by atoms with Gasteiger partial charge in [0.1, 0.15) is 5.82 Å². The van der Waals surface area contributed by atoms with E-state index in [1.165, 1.54) is 18.2 Å². The van der Waals surface area contributed by atoms with Crippen molar-refractivity contribution in [2.45, 2.75) is 25.4 Å². The molecule has 2 amide bonds. The molecule has 0 aliphatic carbocycles. The summed E-state index contributed by atoms with van der Waals surface area (Å²) < 4.78 is 13.6. The van der Waals surface area contributed by atoms with Crippen LogP contribution >= 0.6 is 11.6 Å². The predicted octanol–water partition coefficient (Wildman–Crippen LogP) is 6.00. The minimum Gasteiger partial charge on any atom is -0.321 e. The number of nitriles is 1. The van der Waals surface area contributed by atoms with Gasteiger partial charge < -0.3 is 15.1 Å². The molecule has 196 valence electrons. The monoisotopic (exact) mass is 531 g/mol. The first kappa shape index (κ1) is 26.2. The standard InChI is InChI=1S/C30H31ClFN5O/c1-2-12-35-13-14-37-26(18-35)19-36(30(38)34-25-10-11-28(32)27(31)16-25)20-29(37)23-8-6-22(7-9-23)24-5-3-4-21(15-24)17-33/h3-11,15-16,26,29H,2,12-14,18-20H2,1H3,(H,34,38)/t26-,29?/m1/s1. The lowest BCUT2D eigenvalue weighted by Crippen LogP contribution is -2.64. The lowest BCUT2D eigenvalue weighted by Gasteiger charge is -2.51. The third kappa shape index (κ3) is 5.68. The molecule has 6 nitrogen and oxygen atoms in total. The highest BCUT2D eigenvalue weighted by Gasteiger charge is 2.40. The molecule has 0 bridgehead atoms. The van der Waals surface area contributed by atoms with E-state index >= 15 is 0 Å². The van der Waals surface area contributed by atoms with Crippen molar-refractivity contribution in [3.63, 3.8) is 0 Å². The van der Waals surface area contributed by atoms with Crippen molar-refractivity contribution in [2.24, 2.45) is 0 Å². The van der Waals surface area contributed by atoms with Crippen LogP contribution in [0.3, 0.4) is 0 Å². The number of urea groups is 1. The van der Waals surface area contributed by atoms with E-state index in [0.29, 0.717) is 24.3 Å². The molecule has 2 atom stereocenters. The Labute approximate surface area is 228 Å². The van der Waals surface area contributed by atoms with Gasteiger partial charge in [-0.05, 0) is 60.0 Å². The minimum atomic E-state index is -0.514. The number of hydrogen-bond donors (Lipinski definition) is 1. The average Bonchev–Trinajstić information content (AvgIpc) is 2.94. The van der Waals surface area contributed by atoms with Crippen LogP contribution in [0.1, 0.15) is 30.5 Å². The Balaban J connectivity index is 1.39. The van der Waals surface area contributed by atoms with Gasteiger partial charge in [0, 0.05) is 44.5 Å². The maximum absolute atomic E-state index is 13.6. The Kier molecular flexibility index (Phi) is 7.94. The number of rotatable bonds is 5. The largest absolute Gasteiger partial charge is 0.321 e. The molecule has 38 heavy (non-hydrogen) atoms. The van der Waals surface area contributed by atoms with Gasteiger partial charge in [-0.3, -0.25) is 4.90 Å². The summed E-state index contributed by atoms with van der Waals surface area (Å²) in [5.74, 6) is -0.514. The first-order valence-electron chi connectivity index (χ1n) is 13.0. The summed E-state index contributed by atoms with van der Waals surface area (Å²) >= 11 is 5.93. The van der Waals surface area contributed by atoms with Crippen LogP contribution in [0.25, 0.3) is 11.1 Å². The number of nitrogens with zero attached hydrogens (tertiary/aromatic N) is 4. The zero-order valence-corrected chi connectivity index (χ0v) is 22.2. The van der Waals surface area contributed by atoms with Gasteiger partial charge in [-0.2, -0.15) is 5.26 Å². The number of fused-ring (bicyclic) bond motifs is 1. The number of benzene rings is 3. The molecule has 1 unspecified atom stereocenters. The molecule has 2 saturated heterocycles. The number of carbonyl (C=O) groups excluding carboxylic acids is 1. The summed E-state index contributed by atoms with van der Waals surface area (Å²) in [6.45, 7) is 7.29. The molecule has 3 aromatic rings. The molecule has 1 N–H and O–H groups in total. The van der Waals surface area contributed by atoms with E-state index in [1.807, 2.05) is 23.1 Å². The highest BCUT2D eigenvalue weighted by atomic mass is 35.5. The second-order valence-corrected chi connectivity index (χ2v) is 10.4. The fraction of sp³-hybridized carbons (Fsp3) is 0.333. The minimum absolute atomic E-state index is 0.0200. The number of nitrogens with one attached hydrogen (secondary N) is 1. The Morgan fingerprint density at radius 1 is 1.05 bits per heavy atom. The summed E-state index contributed by atoms with van der Waals surface area (Å²) in [5, 5.41) is 12.1. The number of anilines is 1. The Hall–Kier alpha value is -3.44. The van der Waals surface area contributed by atoms with Crippen molar-refractivity contribution in [1.82, 2.24) is 14.7 Å². The molecule has 0 spiro atoms. The molecule has 5 rings (SSSR count). The highest BCUT2D eigenvalue weighted by molar-refractivity contribution is 6.31. The topological polar surface area (TPSA) is 62.6 Å². The van der Waals surface area contributed by atoms with Gasteiger partial charge >= 0.3 is 6.03 Å². The van der Waals surface area contributed by atoms with Crippen molar-refractivity contribution >= 4 is 23.3 Å². The number of halogens is 2. The third-order valence-electron chi connectivity index (χ3n) is 7.46. The Morgan fingerprint density at radius 2 is 1.87 bits per heavy atom. The van der Waals surface area contributed by atoms with Crippen molar-refractivity contribution in [3.05, 3.63) is 88.7 Å². The van der Waals surface area contributed by atoms with Gasteiger partial charge in [0.15, 0.2) is 0 Å². The normalized spacial score (nSPS) is 20.0. The predicted molar refractivity (Wildman–Crippen MR) is 149 cm³/mol. The lowest BCUT2D eigenvalue weighted by atomic mass is 9.94. The van der Waals surface area contributed by atoms with Gasteiger partial charge in [0.05, 0.1) is 22.7 Å². The van der Waals surface area contributed by atoms with Gasteiger partial charge in [0.2, 0.25) is 0 Å². The number of carbonyl (C=O) groups is 1. The molecule has 2 heterocycles.